The van der Waals surface area contributed by atoms with E-state index in [1.54, 1.807) is 0 Å². The van der Waals surface area contributed by atoms with Crippen LogP contribution in [0.25, 0.3) is 33.3 Å². The van der Waals surface area contributed by atoms with Crippen molar-refractivity contribution in [2.75, 3.05) is 0 Å². The fourth-order valence-corrected chi connectivity index (χ4v) is 2.34. The predicted octanol–water partition coefficient (Wildman–Crippen LogP) is 4.35. The Bertz CT molecular complexity index is 1000. The molecule has 0 fully saturated rings. The molecule has 0 bridgehead atoms. The van der Waals surface area contributed by atoms with Crippen molar-refractivity contribution in [3.05, 3.63) is 60.4 Å². The molecule has 0 aliphatic carbocycles. The highest BCUT2D eigenvalue weighted by atomic mass is 16.3. The molecule has 2 heterocycles. The van der Waals surface area contributed by atoms with Crippen LogP contribution in [0.2, 0.25) is 0 Å². The molecular weight excluding hydrogens is 248 g/mol. The average Bonchev–Trinajstić information content (AvgIpc) is 2.92. The van der Waals surface area contributed by atoms with Crippen molar-refractivity contribution < 1.29 is 8.53 Å². The number of nitrogens with zero attached hydrogens (tertiary/aromatic N) is 2. The van der Waals surface area contributed by atoms with Gasteiger partial charge in [-0.1, -0.05) is 18.2 Å². The Balaban J connectivity index is 1.84. The van der Waals surface area contributed by atoms with Gasteiger partial charge in [-0.2, -0.15) is 0 Å². The maximum Gasteiger partial charge on any atom is 0.159 e. The van der Waals surface area contributed by atoms with Gasteiger partial charge < -0.3 is 4.42 Å². The number of furan rings is 1. The molecule has 0 unspecified atom stereocenters. The number of hydrogen-bond acceptors (Lipinski definition) is 3. The zero-order valence-electron chi connectivity index (χ0n) is 13.5. The van der Waals surface area contributed by atoms with E-state index in [1.165, 1.54) is 12.4 Å². The minimum absolute atomic E-state index is 0.135. The van der Waals surface area contributed by atoms with Crippen molar-refractivity contribution in [1.29, 1.82) is 0 Å². The third-order valence-corrected chi connectivity index (χ3v) is 3.29. The van der Waals surface area contributed by atoms with E-state index in [2.05, 4.69) is 9.97 Å². The number of hydrogen-bond donors (Lipinski definition) is 0. The summed E-state index contributed by atoms with van der Waals surface area (Å²) in [5, 5.41) is 2.02. The molecule has 0 atom stereocenters. The van der Waals surface area contributed by atoms with Gasteiger partial charge in [-0.3, -0.25) is 0 Å². The van der Waals surface area contributed by atoms with Gasteiger partial charge in [-0.15, -0.1) is 0 Å². The molecule has 2 aromatic heterocycles. The van der Waals surface area contributed by atoms with Crippen molar-refractivity contribution in [2.45, 2.75) is 6.85 Å². The molecule has 96 valence electrons. The maximum absolute atomic E-state index is 7.37. The molecule has 0 saturated carbocycles. The summed E-state index contributed by atoms with van der Waals surface area (Å²) in [7, 11) is 0. The van der Waals surface area contributed by atoms with Gasteiger partial charge in [0, 0.05) is 32.8 Å². The minimum Gasteiger partial charge on any atom is -0.456 e. The number of aromatic nitrogens is 2. The van der Waals surface area contributed by atoms with Crippen LogP contribution in [-0.2, 0) is 0 Å². The Morgan fingerprint density at radius 3 is 2.60 bits per heavy atom. The van der Waals surface area contributed by atoms with Crippen molar-refractivity contribution in [1.82, 2.24) is 9.97 Å². The molecule has 0 amide bonds. The fraction of sp³-hybridized carbons (Fsp3) is 0.0588. The van der Waals surface area contributed by atoms with Crippen molar-refractivity contribution in [3.63, 3.8) is 0 Å². The minimum atomic E-state index is -2.19. The van der Waals surface area contributed by atoms with Crippen LogP contribution in [0.15, 0.2) is 59.3 Å². The van der Waals surface area contributed by atoms with Gasteiger partial charge in [0.1, 0.15) is 11.2 Å². The Labute approximate surface area is 120 Å². The SMILES string of the molecule is [2H]C([2H])([2H])c1cnc(-c2ccc3oc4ccccc4c3c2)nc1. The van der Waals surface area contributed by atoms with Crippen LogP contribution < -0.4 is 0 Å². The fourth-order valence-electron chi connectivity index (χ4n) is 2.34. The van der Waals surface area contributed by atoms with Crippen LogP contribution in [0, 0.1) is 6.85 Å². The first kappa shape index (κ1) is 8.48. The standard InChI is InChI=1S/C17H12N2O/c1-11-9-18-17(19-10-11)12-6-7-16-14(8-12)13-4-2-3-5-15(13)20-16/h2-10H,1H3/i1D3. The molecule has 4 aromatic rings. The largest absolute Gasteiger partial charge is 0.456 e. The van der Waals surface area contributed by atoms with E-state index in [0.29, 0.717) is 5.82 Å². The molecule has 2 aromatic carbocycles. The Morgan fingerprint density at radius 1 is 0.950 bits per heavy atom. The van der Waals surface area contributed by atoms with Gasteiger partial charge in [-0.25, -0.2) is 9.97 Å². The number of rotatable bonds is 1. The number of fused-ring (bicyclic) bond motifs is 3. The first-order valence-electron chi connectivity index (χ1n) is 7.76. The molecule has 0 aliphatic rings. The monoisotopic (exact) mass is 263 g/mol. The summed E-state index contributed by atoms with van der Waals surface area (Å²) in [6.45, 7) is -2.19. The summed E-state index contributed by atoms with van der Waals surface area (Å²) < 4.78 is 27.9. The average molecular weight is 263 g/mol. The Kier molecular flexibility index (Phi) is 1.77. The van der Waals surface area contributed by atoms with E-state index >= 15 is 0 Å². The Hall–Kier alpha value is -2.68. The highest BCUT2D eigenvalue weighted by Crippen LogP contribution is 2.31. The summed E-state index contributed by atoms with van der Waals surface area (Å²) in [6, 6.07) is 13.5. The third kappa shape index (κ3) is 1.67. The number of aryl methyl sites for hydroxylation is 1. The lowest BCUT2D eigenvalue weighted by Gasteiger charge is -2.00. The normalized spacial score (nSPS) is 14.1. The third-order valence-electron chi connectivity index (χ3n) is 3.29. The molecular formula is C17H12N2O. The molecule has 0 N–H and O–H groups in total. The predicted molar refractivity (Wildman–Crippen MR) is 79.5 cm³/mol. The lowest BCUT2D eigenvalue weighted by atomic mass is 10.1. The van der Waals surface area contributed by atoms with Crippen molar-refractivity contribution in [2.24, 2.45) is 0 Å². The highest BCUT2D eigenvalue weighted by molar-refractivity contribution is 6.06. The molecule has 20 heavy (non-hydrogen) atoms. The highest BCUT2D eigenvalue weighted by Gasteiger charge is 2.08. The van der Waals surface area contributed by atoms with Gasteiger partial charge >= 0.3 is 0 Å². The quantitative estimate of drug-likeness (QED) is 0.512. The Morgan fingerprint density at radius 2 is 1.75 bits per heavy atom. The summed E-state index contributed by atoms with van der Waals surface area (Å²) in [5.41, 5.74) is 2.59. The van der Waals surface area contributed by atoms with E-state index < -0.39 is 6.85 Å². The molecule has 0 radical (unpaired) electrons. The first-order valence-corrected chi connectivity index (χ1v) is 6.26. The zero-order valence-corrected chi connectivity index (χ0v) is 10.5. The molecule has 3 heteroatoms. The number of para-hydroxylation sites is 1. The summed E-state index contributed by atoms with van der Waals surface area (Å²) in [6.07, 6.45) is 2.71. The maximum atomic E-state index is 7.37. The number of benzene rings is 2. The van der Waals surface area contributed by atoms with E-state index in [-0.39, 0.29) is 5.56 Å². The summed E-state index contributed by atoms with van der Waals surface area (Å²) in [4.78, 5) is 8.37. The van der Waals surface area contributed by atoms with Crippen LogP contribution in [0.1, 0.15) is 9.68 Å². The second-order valence-electron chi connectivity index (χ2n) is 4.60. The second kappa shape index (κ2) is 4.17. The zero-order chi connectivity index (χ0) is 16.0. The lowest BCUT2D eigenvalue weighted by Crippen LogP contribution is -1.88. The summed E-state index contributed by atoms with van der Waals surface area (Å²) in [5.74, 6) is 0.491. The van der Waals surface area contributed by atoms with E-state index in [4.69, 9.17) is 8.53 Å². The van der Waals surface area contributed by atoms with Crippen LogP contribution in [0.5, 0.6) is 0 Å². The van der Waals surface area contributed by atoms with Crippen molar-refractivity contribution in [3.8, 4) is 11.4 Å². The van der Waals surface area contributed by atoms with Crippen LogP contribution in [0.4, 0.5) is 0 Å². The lowest BCUT2D eigenvalue weighted by molar-refractivity contribution is 0.669. The van der Waals surface area contributed by atoms with Gasteiger partial charge in [0.05, 0.1) is 0 Å². The summed E-state index contributed by atoms with van der Waals surface area (Å²) >= 11 is 0. The molecule has 3 nitrogen and oxygen atoms in total. The van der Waals surface area contributed by atoms with E-state index in [1.807, 2.05) is 42.5 Å². The van der Waals surface area contributed by atoms with Gasteiger partial charge in [0.2, 0.25) is 0 Å². The molecule has 0 saturated heterocycles. The van der Waals surface area contributed by atoms with E-state index in [9.17, 15) is 0 Å². The van der Waals surface area contributed by atoms with Gasteiger partial charge in [-0.05, 0) is 36.7 Å². The van der Waals surface area contributed by atoms with Crippen LogP contribution >= 0.6 is 0 Å². The second-order valence-corrected chi connectivity index (χ2v) is 4.60. The molecule has 0 spiro atoms. The van der Waals surface area contributed by atoms with Crippen LogP contribution in [0.3, 0.4) is 0 Å². The molecule has 0 aliphatic heterocycles. The van der Waals surface area contributed by atoms with Gasteiger partial charge in [0.25, 0.3) is 0 Å². The van der Waals surface area contributed by atoms with Crippen molar-refractivity contribution >= 4 is 21.9 Å². The smallest absolute Gasteiger partial charge is 0.159 e. The topological polar surface area (TPSA) is 38.9 Å². The molecule has 4 rings (SSSR count). The van der Waals surface area contributed by atoms with Gasteiger partial charge in [0.15, 0.2) is 5.82 Å². The van der Waals surface area contributed by atoms with E-state index in [0.717, 1.165) is 27.5 Å². The first-order chi connectivity index (χ1) is 11.0. The van der Waals surface area contributed by atoms with Crippen LogP contribution in [-0.4, -0.2) is 9.97 Å².